The minimum Gasteiger partial charge on any atom is -0.377 e. The summed E-state index contributed by atoms with van der Waals surface area (Å²) in [7, 11) is 0. The lowest BCUT2D eigenvalue weighted by Crippen LogP contribution is -2.44. The second-order valence-corrected chi connectivity index (χ2v) is 7.25. The third-order valence-electron chi connectivity index (χ3n) is 4.45. The fourth-order valence-corrected chi connectivity index (χ4v) is 4.21. The lowest BCUT2D eigenvalue weighted by Gasteiger charge is -2.23. The Labute approximate surface area is 130 Å². The summed E-state index contributed by atoms with van der Waals surface area (Å²) in [4.78, 5) is 16.1. The van der Waals surface area contributed by atoms with E-state index in [2.05, 4.69) is 22.8 Å². The minimum absolute atomic E-state index is 0.0198. The van der Waals surface area contributed by atoms with Crippen LogP contribution in [0.25, 0.3) is 0 Å². The molecular weight excluding hydrogens is 284 g/mol. The monoisotopic (exact) mass is 308 g/mol. The first-order valence-corrected chi connectivity index (χ1v) is 8.74. The number of thiophene rings is 1. The highest BCUT2D eigenvalue weighted by molar-refractivity contribution is 7.10. The lowest BCUT2D eigenvalue weighted by atomic mass is 9.98. The Morgan fingerprint density at radius 3 is 2.86 bits per heavy atom. The van der Waals surface area contributed by atoms with Crippen LogP contribution in [-0.4, -0.2) is 35.6 Å². The number of hydrogen-bond donors (Lipinski definition) is 1. The van der Waals surface area contributed by atoms with Gasteiger partial charge in [-0.25, -0.2) is 0 Å². The van der Waals surface area contributed by atoms with Crippen LogP contribution in [0.2, 0.25) is 0 Å². The molecule has 2 aliphatic rings. The third-order valence-corrected chi connectivity index (χ3v) is 5.37. The largest absolute Gasteiger partial charge is 0.377 e. The molecule has 2 heterocycles. The summed E-state index contributed by atoms with van der Waals surface area (Å²) < 4.78 is 5.65. The highest BCUT2D eigenvalue weighted by Gasteiger charge is 2.52. The SMILES string of the molecule is CC(C)OCCN1C(=O)C2(CCCC2)NC1c1cccs1. The van der Waals surface area contributed by atoms with Crippen molar-refractivity contribution in [3.8, 4) is 0 Å². The Kier molecular flexibility index (Phi) is 4.33. The number of amides is 1. The molecule has 1 amide bonds. The van der Waals surface area contributed by atoms with Crippen LogP contribution in [0.3, 0.4) is 0 Å². The summed E-state index contributed by atoms with van der Waals surface area (Å²) in [5, 5.41) is 5.71. The fourth-order valence-electron chi connectivity index (χ4n) is 3.42. The van der Waals surface area contributed by atoms with E-state index in [1.54, 1.807) is 11.3 Å². The molecule has 1 N–H and O–H groups in total. The first-order valence-electron chi connectivity index (χ1n) is 7.86. The van der Waals surface area contributed by atoms with Crippen LogP contribution in [0.4, 0.5) is 0 Å². The van der Waals surface area contributed by atoms with Crippen molar-refractivity contribution in [2.75, 3.05) is 13.2 Å². The number of carbonyl (C=O) groups is 1. The van der Waals surface area contributed by atoms with Crippen molar-refractivity contribution in [2.24, 2.45) is 0 Å². The summed E-state index contributed by atoms with van der Waals surface area (Å²) in [5.41, 5.74) is -0.313. The predicted molar refractivity (Wildman–Crippen MR) is 84.2 cm³/mol. The van der Waals surface area contributed by atoms with Gasteiger partial charge < -0.3 is 9.64 Å². The van der Waals surface area contributed by atoms with Gasteiger partial charge in [-0.1, -0.05) is 18.9 Å². The molecule has 0 aromatic carbocycles. The molecule has 1 atom stereocenters. The van der Waals surface area contributed by atoms with Crippen molar-refractivity contribution >= 4 is 17.2 Å². The van der Waals surface area contributed by atoms with Crippen LogP contribution in [0, 0.1) is 0 Å². The molecule has 5 heteroatoms. The van der Waals surface area contributed by atoms with Crippen LogP contribution in [0.15, 0.2) is 17.5 Å². The van der Waals surface area contributed by atoms with Gasteiger partial charge in [0.2, 0.25) is 5.91 Å². The van der Waals surface area contributed by atoms with E-state index in [-0.39, 0.29) is 23.7 Å². The van der Waals surface area contributed by atoms with Gasteiger partial charge in [0.25, 0.3) is 0 Å². The average Bonchev–Trinajstić information content (AvgIpc) is 3.15. The molecule has 3 rings (SSSR count). The highest BCUT2D eigenvalue weighted by atomic mass is 32.1. The number of nitrogens with one attached hydrogen (secondary N) is 1. The molecule has 0 radical (unpaired) electrons. The highest BCUT2D eigenvalue weighted by Crippen LogP contribution is 2.41. The van der Waals surface area contributed by atoms with E-state index in [9.17, 15) is 4.79 Å². The normalized spacial score (nSPS) is 24.6. The van der Waals surface area contributed by atoms with Gasteiger partial charge in [-0.05, 0) is 38.1 Å². The predicted octanol–water partition coefficient (Wildman–Crippen LogP) is 2.92. The zero-order valence-electron chi connectivity index (χ0n) is 12.8. The molecule has 1 saturated heterocycles. The van der Waals surface area contributed by atoms with Gasteiger partial charge in [-0.15, -0.1) is 11.3 Å². The van der Waals surface area contributed by atoms with Gasteiger partial charge in [0.15, 0.2) is 0 Å². The van der Waals surface area contributed by atoms with E-state index in [0.29, 0.717) is 13.2 Å². The molecule has 21 heavy (non-hydrogen) atoms. The molecule has 1 spiro atoms. The molecule has 4 nitrogen and oxygen atoms in total. The summed E-state index contributed by atoms with van der Waals surface area (Å²) in [5.74, 6) is 0.269. The average molecular weight is 308 g/mol. The van der Waals surface area contributed by atoms with Gasteiger partial charge in [0.1, 0.15) is 6.17 Å². The van der Waals surface area contributed by atoms with Crippen molar-refractivity contribution < 1.29 is 9.53 Å². The van der Waals surface area contributed by atoms with E-state index in [0.717, 1.165) is 25.7 Å². The second-order valence-electron chi connectivity index (χ2n) is 6.27. The molecule has 1 saturated carbocycles. The van der Waals surface area contributed by atoms with Crippen LogP contribution < -0.4 is 5.32 Å². The Balaban J connectivity index is 1.77. The first kappa shape index (κ1) is 15.0. The second kappa shape index (κ2) is 6.07. The zero-order chi connectivity index (χ0) is 14.9. The summed E-state index contributed by atoms with van der Waals surface area (Å²) >= 11 is 1.71. The molecule has 1 aromatic heterocycles. The van der Waals surface area contributed by atoms with E-state index in [1.807, 2.05) is 18.7 Å². The van der Waals surface area contributed by atoms with Crippen molar-refractivity contribution in [1.82, 2.24) is 10.2 Å². The van der Waals surface area contributed by atoms with Gasteiger partial charge >= 0.3 is 0 Å². The van der Waals surface area contributed by atoms with Crippen molar-refractivity contribution in [3.05, 3.63) is 22.4 Å². The van der Waals surface area contributed by atoms with E-state index in [4.69, 9.17) is 4.74 Å². The molecule has 1 aliphatic heterocycles. The molecule has 1 unspecified atom stereocenters. The molecule has 116 valence electrons. The standard InChI is InChI=1S/C16H24N2O2S/c1-12(2)20-10-9-18-14(13-6-5-11-21-13)17-16(15(18)19)7-3-4-8-16/h5-6,11-12,14,17H,3-4,7-10H2,1-2H3. The lowest BCUT2D eigenvalue weighted by molar-refractivity contribution is -0.134. The van der Waals surface area contributed by atoms with E-state index in [1.165, 1.54) is 4.88 Å². The maximum Gasteiger partial charge on any atom is 0.244 e. The number of rotatable bonds is 5. The van der Waals surface area contributed by atoms with Gasteiger partial charge in [-0.3, -0.25) is 10.1 Å². The number of hydrogen-bond acceptors (Lipinski definition) is 4. The topological polar surface area (TPSA) is 41.6 Å². The maximum absolute atomic E-state index is 12.9. The van der Waals surface area contributed by atoms with Crippen molar-refractivity contribution in [3.63, 3.8) is 0 Å². The smallest absolute Gasteiger partial charge is 0.244 e. The first-order chi connectivity index (χ1) is 10.1. The fraction of sp³-hybridized carbons (Fsp3) is 0.688. The quantitative estimate of drug-likeness (QED) is 0.909. The zero-order valence-corrected chi connectivity index (χ0v) is 13.6. The van der Waals surface area contributed by atoms with Gasteiger partial charge in [0, 0.05) is 11.4 Å². The Morgan fingerprint density at radius 1 is 1.48 bits per heavy atom. The molecular formula is C16H24N2O2S. The van der Waals surface area contributed by atoms with Crippen LogP contribution >= 0.6 is 11.3 Å². The molecule has 1 aromatic rings. The minimum atomic E-state index is -0.313. The number of carbonyl (C=O) groups excluding carboxylic acids is 1. The summed E-state index contributed by atoms with van der Waals surface area (Å²) in [6.07, 6.45) is 4.45. The van der Waals surface area contributed by atoms with E-state index < -0.39 is 0 Å². The Bertz CT molecular complexity index is 480. The van der Waals surface area contributed by atoms with Gasteiger partial charge in [0.05, 0.1) is 18.2 Å². The van der Waals surface area contributed by atoms with Crippen LogP contribution in [0.1, 0.15) is 50.6 Å². The Morgan fingerprint density at radius 2 is 2.24 bits per heavy atom. The van der Waals surface area contributed by atoms with Crippen molar-refractivity contribution in [1.29, 1.82) is 0 Å². The molecule has 0 bridgehead atoms. The summed E-state index contributed by atoms with van der Waals surface area (Å²) in [6.45, 7) is 5.32. The Hall–Kier alpha value is -0.910. The van der Waals surface area contributed by atoms with E-state index >= 15 is 0 Å². The number of ether oxygens (including phenoxy) is 1. The van der Waals surface area contributed by atoms with Crippen LogP contribution in [0.5, 0.6) is 0 Å². The third kappa shape index (κ3) is 2.87. The van der Waals surface area contributed by atoms with Crippen molar-refractivity contribution in [2.45, 2.75) is 57.3 Å². The van der Waals surface area contributed by atoms with Crippen LogP contribution in [-0.2, 0) is 9.53 Å². The van der Waals surface area contributed by atoms with Gasteiger partial charge in [-0.2, -0.15) is 0 Å². The molecule has 1 aliphatic carbocycles. The summed E-state index contributed by atoms with van der Waals surface area (Å²) in [6, 6.07) is 4.16. The number of nitrogens with zero attached hydrogens (tertiary/aromatic N) is 1. The maximum atomic E-state index is 12.9. The molecule has 2 fully saturated rings.